The summed E-state index contributed by atoms with van der Waals surface area (Å²) in [6, 6.07) is 11.8. The number of allylic oxidation sites excluding steroid dienone is 1. The highest BCUT2D eigenvalue weighted by molar-refractivity contribution is 5.76. The molecule has 0 spiro atoms. The van der Waals surface area contributed by atoms with E-state index in [0.29, 0.717) is 11.5 Å². The Bertz CT molecular complexity index is 753. The van der Waals surface area contributed by atoms with Crippen molar-refractivity contribution in [2.75, 3.05) is 7.05 Å². The van der Waals surface area contributed by atoms with Gasteiger partial charge in [-0.25, -0.2) is 0 Å². The fourth-order valence-corrected chi connectivity index (χ4v) is 1.87. The zero-order valence-corrected chi connectivity index (χ0v) is 13.5. The second-order valence-electron chi connectivity index (χ2n) is 5.03. The van der Waals surface area contributed by atoms with E-state index in [-0.39, 0.29) is 0 Å². The van der Waals surface area contributed by atoms with Crippen molar-refractivity contribution >= 4 is 18.0 Å². The summed E-state index contributed by atoms with van der Waals surface area (Å²) in [5.74, 6) is 1.55. The third-order valence-electron chi connectivity index (χ3n) is 3.19. The molecule has 0 aliphatic carbocycles. The molecule has 0 atom stereocenters. The Kier molecular flexibility index (Phi) is 5.58. The molecule has 0 saturated heterocycles. The largest absolute Gasteiger partial charge is 0.460 e. The first-order chi connectivity index (χ1) is 11.1. The summed E-state index contributed by atoms with van der Waals surface area (Å²) in [6.45, 7) is 9.76. The van der Waals surface area contributed by atoms with E-state index in [4.69, 9.17) is 4.42 Å². The molecule has 0 fully saturated rings. The summed E-state index contributed by atoms with van der Waals surface area (Å²) in [5.41, 5.74) is 6.52. The molecule has 1 aromatic heterocycles. The summed E-state index contributed by atoms with van der Waals surface area (Å²) in [5, 5.41) is 7.12. The molecule has 118 valence electrons. The number of nitrogens with one attached hydrogen (secondary N) is 2. The van der Waals surface area contributed by atoms with Gasteiger partial charge in [-0.3, -0.25) is 5.43 Å². The molecule has 0 unspecified atom stereocenters. The van der Waals surface area contributed by atoms with E-state index in [1.807, 2.05) is 62.5 Å². The van der Waals surface area contributed by atoms with Crippen molar-refractivity contribution < 1.29 is 4.42 Å². The average Bonchev–Trinajstić information content (AvgIpc) is 2.98. The van der Waals surface area contributed by atoms with Gasteiger partial charge in [0.25, 0.3) is 0 Å². The number of hydrazone groups is 1. The van der Waals surface area contributed by atoms with Crippen LogP contribution >= 0.6 is 0 Å². The first kappa shape index (κ1) is 16.4. The fraction of sp³-hybridized carbons (Fsp3) is 0.105. The van der Waals surface area contributed by atoms with Crippen LogP contribution in [0.3, 0.4) is 0 Å². The van der Waals surface area contributed by atoms with Gasteiger partial charge in [0.15, 0.2) is 0 Å². The van der Waals surface area contributed by atoms with Crippen LogP contribution in [0.2, 0.25) is 0 Å². The van der Waals surface area contributed by atoms with Gasteiger partial charge in [0.2, 0.25) is 0 Å². The average molecular weight is 307 g/mol. The van der Waals surface area contributed by atoms with E-state index >= 15 is 0 Å². The molecule has 23 heavy (non-hydrogen) atoms. The fourth-order valence-electron chi connectivity index (χ4n) is 1.87. The van der Waals surface area contributed by atoms with E-state index < -0.39 is 0 Å². The van der Waals surface area contributed by atoms with Crippen LogP contribution < -0.4 is 10.7 Å². The third kappa shape index (κ3) is 5.04. The van der Waals surface area contributed by atoms with Crippen LogP contribution in [-0.4, -0.2) is 13.3 Å². The topological polar surface area (TPSA) is 49.6 Å². The van der Waals surface area contributed by atoms with E-state index in [1.165, 1.54) is 0 Å². The lowest BCUT2D eigenvalue weighted by Crippen LogP contribution is -2.03. The monoisotopic (exact) mass is 307 g/mol. The Hall–Kier alpha value is -3.01. The third-order valence-corrected chi connectivity index (χ3v) is 3.19. The van der Waals surface area contributed by atoms with Gasteiger partial charge in [0.05, 0.1) is 11.9 Å². The highest BCUT2D eigenvalue weighted by Crippen LogP contribution is 2.13. The normalized spacial score (nSPS) is 11.0. The maximum atomic E-state index is 5.41. The van der Waals surface area contributed by atoms with E-state index in [0.717, 1.165) is 22.6 Å². The Labute approximate surface area is 136 Å². The molecule has 2 rings (SSSR count). The van der Waals surface area contributed by atoms with Crippen LogP contribution in [-0.2, 0) is 0 Å². The van der Waals surface area contributed by atoms with Gasteiger partial charge in [-0.15, -0.1) is 0 Å². The van der Waals surface area contributed by atoms with Gasteiger partial charge < -0.3 is 9.73 Å². The van der Waals surface area contributed by atoms with Crippen molar-refractivity contribution in [2.45, 2.75) is 6.92 Å². The van der Waals surface area contributed by atoms with Crippen molar-refractivity contribution in [1.29, 1.82) is 0 Å². The van der Waals surface area contributed by atoms with Crippen LogP contribution in [0.5, 0.6) is 0 Å². The smallest absolute Gasteiger partial charge is 0.147 e. The Morgan fingerprint density at radius 1 is 1.22 bits per heavy atom. The van der Waals surface area contributed by atoms with E-state index in [1.54, 1.807) is 6.21 Å². The zero-order chi connectivity index (χ0) is 16.7. The minimum atomic E-state index is 0.699. The molecule has 2 N–H and O–H groups in total. The zero-order valence-electron chi connectivity index (χ0n) is 13.5. The van der Waals surface area contributed by atoms with Crippen molar-refractivity contribution in [1.82, 2.24) is 10.7 Å². The number of rotatable bonds is 7. The molecule has 0 saturated carbocycles. The van der Waals surface area contributed by atoms with Crippen LogP contribution in [0.4, 0.5) is 0 Å². The molecule has 1 heterocycles. The summed E-state index contributed by atoms with van der Waals surface area (Å²) in [4.78, 5) is 0. The highest BCUT2D eigenvalue weighted by atomic mass is 16.3. The maximum absolute atomic E-state index is 5.41. The number of aryl methyl sites for hydroxylation is 1. The molecule has 2 aromatic rings. The minimum absolute atomic E-state index is 0.699. The van der Waals surface area contributed by atoms with E-state index in [2.05, 4.69) is 29.0 Å². The molecule has 1 aromatic carbocycles. The van der Waals surface area contributed by atoms with Gasteiger partial charge in [-0.2, -0.15) is 5.10 Å². The molecule has 0 bridgehead atoms. The second kappa shape index (κ2) is 7.84. The summed E-state index contributed by atoms with van der Waals surface area (Å²) >= 11 is 0. The molecule has 4 nitrogen and oxygen atoms in total. The van der Waals surface area contributed by atoms with Crippen LogP contribution in [0.15, 0.2) is 70.8 Å². The van der Waals surface area contributed by atoms with Crippen molar-refractivity contribution in [3.8, 4) is 0 Å². The number of benzene rings is 1. The standard InChI is InChI=1S/C19H21N3O/c1-14(20-4)8-10-17-6-5-7-18(12-17)16(3)22-21-13-19-11-9-15(2)23-19/h5-13,20,22H,1,3H2,2,4H3/b10-8+,21-13+. The molecule has 0 aliphatic heterocycles. The van der Waals surface area contributed by atoms with E-state index in [9.17, 15) is 0 Å². The SMILES string of the molecule is C=C(/C=C/c1cccc(C(=C)N/N=C/c2ccc(C)o2)c1)NC. The van der Waals surface area contributed by atoms with Gasteiger partial charge in [-0.05, 0) is 42.3 Å². The molecule has 0 aliphatic rings. The maximum Gasteiger partial charge on any atom is 0.147 e. The number of hydrogen-bond donors (Lipinski definition) is 2. The quantitative estimate of drug-likeness (QED) is 0.463. The molecular formula is C19H21N3O. The van der Waals surface area contributed by atoms with Gasteiger partial charge in [0, 0.05) is 12.7 Å². The predicted molar refractivity (Wildman–Crippen MR) is 96.9 cm³/mol. The Balaban J connectivity index is 2.00. The lowest BCUT2D eigenvalue weighted by molar-refractivity contribution is 0.527. The molecule has 4 heteroatoms. The first-order valence-electron chi connectivity index (χ1n) is 7.28. The number of nitrogens with zero attached hydrogens (tertiary/aromatic N) is 1. The summed E-state index contributed by atoms with van der Waals surface area (Å²) in [7, 11) is 1.84. The van der Waals surface area contributed by atoms with Crippen LogP contribution in [0, 0.1) is 6.92 Å². The Morgan fingerprint density at radius 3 is 2.74 bits per heavy atom. The highest BCUT2D eigenvalue weighted by Gasteiger charge is 1.99. The minimum Gasteiger partial charge on any atom is -0.460 e. The van der Waals surface area contributed by atoms with Gasteiger partial charge >= 0.3 is 0 Å². The second-order valence-corrected chi connectivity index (χ2v) is 5.03. The lowest BCUT2D eigenvalue weighted by atomic mass is 10.1. The number of hydrogen-bond acceptors (Lipinski definition) is 4. The van der Waals surface area contributed by atoms with Crippen molar-refractivity contribution in [2.24, 2.45) is 5.10 Å². The van der Waals surface area contributed by atoms with Crippen LogP contribution in [0.1, 0.15) is 22.6 Å². The van der Waals surface area contributed by atoms with Gasteiger partial charge in [-0.1, -0.05) is 37.4 Å². The predicted octanol–water partition coefficient (Wildman–Crippen LogP) is 3.93. The van der Waals surface area contributed by atoms with Crippen LogP contribution in [0.25, 0.3) is 11.8 Å². The molecule has 0 amide bonds. The van der Waals surface area contributed by atoms with Crippen molar-refractivity contribution in [3.63, 3.8) is 0 Å². The first-order valence-corrected chi connectivity index (χ1v) is 7.28. The van der Waals surface area contributed by atoms with Crippen molar-refractivity contribution in [3.05, 3.63) is 84.0 Å². The Morgan fingerprint density at radius 2 is 2.04 bits per heavy atom. The molecular weight excluding hydrogens is 286 g/mol. The lowest BCUT2D eigenvalue weighted by Gasteiger charge is -2.06. The molecule has 0 radical (unpaired) electrons. The number of likely N-dealkylation sites (N-methyl/N-ethyl adjacent to an activating group) is 1. The number of furan rings is 1. The van der Waals surface area contributed by atoms with Gasteiger partial charge in [0.1, 0.15) is 11.5 Å². The summed E-state index contributed by atoms with van der Waals surface area (Å²) < 4.78 is 5.41. The summed E-state index contributed by atoms with van der Waals surface area (Å²) in [6.07, 6.45) is 5.54.